The van der Waals surface area contributed by atoms with Gasteiger partial charge in [0.1, 0.15) is 17.4 Å². The first-order valence-corrected chi connectivity index (χ1v) is 5.74. The van der Waals surface area contributed by atoms with E-state index < -0.39 is 11.6 Å². The van der Waals surface area contributed by atoms with Crippen LogP contribution in [0.2, 0.25) is 0 Å². The van der Waals surface area contributed by atoms with E-state index >= 15 is 0 Å². The lowest BCUT2D eigenvalue weighted by atomic mass is 10.0. The Morgan fingerprint density at radius 3 is 2.71 bits per heavy atom. The Labute approximate surface area is 99.8 Å². The van der Waals surface area contributed by atoms with E-state index in [1.54, 1.807) is 0 Å². The molecule has 1 atom stereocenters. The molecule has 0 aliphatic rings. The van der Waals surface area contributed by atoms with Crippen LogP contribution in [0, 0.1) is 11.6 Å². The first-order chi connectivity index (χ1) is 8.02. The molecule has 1 aromatic carbocycles. The van der Waals surface area contributed by atoms with E-state index in [1.807, 2.05) is 6.92 Å². The van der Waals surface area contributed by atoms with Gasteiger partial charge in [0.25, 0.3) is 0 Å². The monoisotopic (exact) mass is 241 g/mol. The summed E-state index contributed by atoms with van der Waals surface area (Å²) in [4.78, 5) is 11.6. The van der Waals surface area contributed by atoms with Crippen molar-refractivity contribution in [2.45, 2.75) is 38.6 Å². The maximum atomic E-state index is 13.3. The van der Waals surface area contributed by atoms with Crippen molar-refractivity contribution in [1.29, 1.82) is 0 Å². The number of hydrogen-bond donors (Lipinski definition) is 1. The summed E-state index contributed by atoms with van der Waals surface area (Å²) in [6.45, 7) is 1.99. The summed E-state index contributed by atoms with van der Waals surface area (Å²) in [5.41, 5.74) is 5.95. The molecule has 0 spiro atoms. The smallest absolute Gasteiger partial charge is 0.138 e. The predicted octanol–water partition coefficient (Wildman–Crippen LogP) is 2.59. The first-order valence-electron chi connectivity index (χ1n) is 5.74. The Hall–Kier alpha value is -1.29. The van der Waals surface area contributed by atoms with E-state index in [-0.39, 0.29) is 30.2 Å². The predicted molar refractivity (Wildman–Crippen MR) is 62.6 cm³/mol. The van der Waals surface area contributed by atoms with Crippen LogP contribution in [-0.4, -0.2) is 11.8 Å². The van der Waals surface area contributed by atoms with Crippen molar-refractivity contribution in [3.63, 3.8) is 0 Å². The fraction of sp³-hybridized carbons (Fsp3) is 0.462. The quantitative estimate of drug-likeness (QED) is 0.831. The largest absolute Gasteiger partial charge is 0.327 e. The van der Waals surface area contributed by atoms with Gasteiger partial charge in [-0.3, -0.25) is 4.79 Å². The molecule has 0 aliphatic carbocycles. The Balaban J connectivity index is 2.56. The van der Waals surface area contributed by atoms with E-state index in [2.05, 4.69) is 0 Å². The SMILES string of the molecule is CCCC(N)CC(=O)Cc1ccc(F)cc1F. The number of carbonyl (C=O) groups is 1. The summed E-state index contributed by atoms with van der Waals surface area (Å²) < 4.78 is 25.9. The number of hydrogen-bond acceptors (Lipinski definition) is 2. The molecule has 0 fully saturated rings. The number of benzene rings is 1. The molecule has 1 rings (SSSR count). The third kappa shape index (κ3) is 4.61. The number of halogens is 2. The summed E-state index contributed by atoms with van der Waals surface area (Å²) in [5, 5.41) is 0. The molecule has 2 N–H and O–H groups in total. The zero-order valence-electron chi connectivity index (χ0n) is 9.88. The zero-order valence-corrected chi connectivity index (χ0v) is 9.88. The Bertz CT molecular complexity index is 393. The maximum Gasteiger partial charge on any atom is 0.138 e. The molecule has 0 radical (unpaired) electrons. The normalized spacial score (nSPS) is 12.5. The van der Waals surface area contributed by atoms with Gasteiger partial charge in [0.2, 0.25) is 0 Å². The average molecular weight is 241 g/mol. The Morgan fingerprint density at radius 2 is 2.12 bits per heavy atom. The van der Waals surface area contributed by atoms with Crippen molar-refractivity contribution in [1.82, 2.24) is 0 Å². The standard InChI is InChI=1S/C13H17F2NO/c1-2-3-11(16)8-12(17)6-9-4-5-10(14)7-13(9)15/h4-5,7,11H,2-3,6,8,16H2,1H3. The van der Waals surface area contributed by atoms with Gasteiger partial charge in [0, 0.05) is 24.9 Å². The summed E-state index contributed by atoms with van der Waals surface area (Å²) in [6.07, 6.45) is 1.91. The van der Waals surface area contributed by atoms with E-state index in [0.717, 1.165) is 25.0 Å². The number of carbonyl (C=O) groups excluding carboxylic acids is 1. The molecular formula is C13H17F2NO. The van der Waals surface area contributed by atoms with Crippen molar-refractivity contribution in [2.75, 3.05) is 0 Å². The van der Waals surface area contributed by atoms with E-state index in [0.29, 0.717) is 0 Å². The fourth-order valence-electron chi connectivity index (χ4n) is 1.71. The van der Waals surface area contributed by atoms with Gasteiger partial charge in [-0.2, -0.15) is 0 Å². The Kier molecular flexibility index (Phi) is 5.22. The number of ketones is 1. The summed E-state index contributed by atoms with van der Waals surface area (Å²) in [7, 11) is 0. The van der Waals surface area contributed by atoms with Gasteiger partial charge in [-0.15, -0.1) is 0 Å². The second-order valence-electron chi connectivity index (χ2n) is 4.20. The van der Waals surface area contributed by atoms with Gasteiger partial charge in [0.05, 0.1) is 0 Å². The lowest BCUT2D eigenvalue weighted by Gasteiger charge is -2.09. The van der Waals surface area contributed by atoms with Crippen LogP contribution in [0.4, 0.5) is 8.78 Å². The van der Waals surface area contributed by atoms with Crippen molar-refractivity contribution in [3.8, 4) is 0 Å². The zero-order chi connectivity index (χ0) is 12.8. The minimum Gasteiger partial charge on any atom is -0.327 e. The van der Waals surface area contributed by atoms with Crippen LogP contribution in [0.5, 0.6) is 0 Å². The average Bonchev–Trinajstić information content (AvgIpc) is 2.22. The van der Waals surface area contributed by atoms with E-state index in [1.165, 1.54) is 6.07 Å². The highest BCUT2D eigenvalue weighted by Gasteiger charge is 2.12. The molecular weight excluding hydrogens is 224 g/mol. The fourth-order valence-corrected chi connectivity index (χ4v) is 1.71. The minimum absolute atomic E-state index is 0.0243. The van der Waals surface area contributed by atoms with E-state index in [9.17, 15) is 13.6 Å². The van der Waals surface area contributed by atoms with Gasteiger partial charge in [0.15, 0.2) is 0 Å². The first kappa shape index (κ1) is 13.8. The van der Waals surface area contributed by atoms with Gasteiger partial charge in [-0.05, 0) is 18.1 Å². The molecule has 0 aliphatic heterocycles. The van der Waals surface area contributed by atoms with Crippen LogP contribution in [-0.2, 0) is 11.2 Å². The maximum absolute atomic E-state index is 13.3. The van der Waals surface area contributed by atoms with Crippen LogP contribution in [0.3, 0.4) is 0 Å². The highest BCUT2D eigenvalue weighted by Crippen LogP contribution is 2.12. The van der Waals surface area contributed by atoms with Crippen LogP contribution in [0.25, 0.3) is 0 Å². The number of rotatable bonds is 6. The molecule has 17 heavy (non-hydrogen) atoms. The second kappa shape index (κ2) is 6.45. The minimum atomic E-state index is -0.678. The van der Waals surface area contributed by atoms with Gasteiger partial charge >= 0.3 is 0 Å². The van der Waals surface area contributed by atoms with E-state index in [4.69, 9.17) is 5.73 Å². The molecule has 94 valence electrons. The highest BCUT2D eigenvalue weighted by atomic mass is 19.1. The van der Waals surface area contributed by atoms with Gasteiger partial charge < -0.3 is 5.73 Å². The highest BCUT2D eigenvalue weighted by molar-refractivity contribution is 5.81. The van der Waals surface area contributed by atoms with Crippen molar-refractivity contribution in [3.05, 3.63) is 35.4 Å². The molecule has 0 bridgehead atoms. The molecule has 1 unspecified atom stereocenters. The van der Waals surface area contributed by atoms with Crippen LogP contribution in [0.1, 0.15) is 31.7 Å². The molecule has 1 aromatic rings. The van der Waals surface area contributed by atoms with Gasteiger partial charge in [-0.25, -0.2) is 8.78 Å². The molecule has 0 saturated carbocycles. The summed E-state index contributed by atoms with van der Waals surface area (Å²) >= 11 is 0. The lowest BCUT2D eigenvalue weighted by molar-refractivity contribution is -0.118. The number of nitrogens with two attached hydrogens (primary N) is 1. The van der Waals surface area contributed by atoms with Crippen molar-refractivity contribution >= 4 is 5.78 Å². The van der Waals surface area contributed by atoms with Crippen LogP contribution < -0.4 is 5.73 Å². The molecule has 2 nitrogen and oxygen atoms in total. The molecule has 0 aromatic heterocycles. The van der Waals surface area contributed by atoms with Crippen molar-refractivity contribution < 1.29 is 13.6 Å². The third-order valence-electron chi connectivity index (χ3n) is 2.55. The van der Waals surface area contributed by atoms with Crippen LogP contribution in [0.15, 0.2) is 18.2 Å². The lowest BCUT2D eigenvalue weighted by Crippen LogP contribution is -2.24. The Morgan fingerprint density at radius 1 is 1.41 bits per heavy atom. The molecule has 4 heteroatoms. The topological polar surface area (TPSA) is 43.1 Å². The van der Waals surface area contributed by atoms with Crippen LogP contribution >= 0.6 is 0 Å². The van der Waals surface area contributed by atoms with Crippen molar-refractivity contribution in [2.24, 2.45) is 5.73 Å². The number of Topliss-reactive ketones (excluding diaryl/α,β-unsaturated/α-hetero) is 1. The summed E-state index contributed by atoms with van der Waals surface area (Å²) in [6, 6.07) is 3.07. The second-order valence-corrected chi connectivity index (χ2v) is 4.20. The molecule has 0 heterocycles. The third-order valence-corrected chi connectivity index (χ3v) is 2.55. The molecule has 0 amide bonds. The molecule has 0 saturated heterocycles. The summed E-state index contributed by atoms with van der Waals surface area (Å²) in [5.74, 6) is -1.43. The van der Waals surface area contributed by atoms with Gasteiger partial charge in [-0.1, -0.05) is 19.4 Å².